The Balaban J connectivity index is 2.11. The van der Waals surface area contributed by atoms with Gasteiger partial charge in [-0.1, -0.05) is 44.2 Å². The molecular weight excluding hydrogens is 244 g/mol. The van der Waals surface area contributed by atoms with E-state index in [1.165, 1.54) is 0 Å². The van der Waals surface area contributed by atoms with Crippen LogP contribution < -0.4 is 5.73 Å². The fourth-order valence-corrected chi connectivity index (χ4v) is 3.05. The molecule has 2 N–H and O–H groups in total. The van der Waals surface area contributed by atoms with Crippen molar-refractivity contribution in [2.75, 3.05) is 0 Å². The maximum Gasteiger partial charge on any atom is 0.257 e. The summed E-state index contributed by atoms with van der Waals surface area (Å²) in [5.74, 6) is 0. The summed E-state index contributed by atoms with van der Waals surface area (Å²) in [5.41, 5.74) is 7.95. The highest BCUT2D eigenvalue weighted by molar-refractivity contribution is 7.99. The Kier molecular flexibility index (Phi) is 4.66. The van der Waals surface area contributed by atoms with E-state index in [0.29, 0.717) is 5.25 Å². The Hall–Kier alpha value is -1.00. The van der Waals surface area contributed by atoms with Gasteiger partial charge in [0, 0.05) is 11.3 Å². The SMILES string of the molecule is CCCC(N)C(CC)Sc1nc2ccccc2o1. The van der Waals surface area contributed by atoms with E-state index in [-0.39, 0.29) is 6.04 Å². The summed E-state index contributed by atoms with van der Waals surface area (Å²) >= 11 is 1.66. The summed E-state index contributed by atoms with van der Waals surface area (Å²) in [6.07, 6.45) is 3.20. The minimum atomic E-state index is 0.208. The van der Waals surface area contributed by atoms with Crippen molar-refractivity contribution < 1.29 is 4.42 Å². The van der Waals surface area contributed by atoms with Gasteiger partial charge in [-0.25, -0.2) is 4.98 Å². The fourth-order valence-electron chi connectivity index (χ4n) is 2.02. The van der Waals surface area contributed by atoms with Crippen molar-refractivity contribution in [2.45, 2.75) is 49.6 Å². The first kappa shape index (κ1) is 13.4. The summed E-state index contributed by atoms with van der Waals surface area (Å²) in [5, 5.41) is 1.10. The highest BCUT2D eigenvalue weighted by atomic mass is 32.2. The van der Waals surface area contributed by atoms with Gasteiger partial charge in [0.05, 0.1) is 0 Å². The highest BCUT2D eigenvalue weighted by Crippen LogP contribution is 2.30. The molecule has 4 heteroatoms. The van der Waals surface area contributed by atoms with Gasteiger partial charge in [0.15, 0.2) is 5.58 Å². The second-order valence-corrected chi connectivity index (χ2v) is 5.66. The molecule has 18 heavy (non-hydrogen) atoms. The molecule has 0 aliphatic rings. The molecule has 1 aromatic carbocycles. The molecule has 1 aromatic heterocycles. The van der Waals surface area contributed by atoms with E-state index in [9.17, 15) is 0 Å². The molecule has 2 rings (SSSR count). The lowest BCUT2D eigenvalue weighted by molar-refractivity contribution is 0.483. The predicted octanol–water partition coefficient (Wildman–Crippen LogP) is 3.83. The van der Waals surface area contributed by atoms with Gasteiger partial charge in [0.1, 0.15) is 5.52 Å². The Morgan fingerprint density at radius 3 is 2.78 bits per heavy atom. The quantitative estimate of drug-likeness (QED) is 0.806. The maximum absolute atomic E-state index is 6.19. The van der Waals surface area contributed by atoms with Crippen molar-refractivity contribution in [3.8, 4) is 0 Å². The molecule has 98 valence electrons. The van der Waals surface area contributed by atoms with Crippen LogP contribution in [0.1, 0.15) is 33.1 Å². The zero-order valence-electron chi connectivity index (χ0n) is 10.9. The van der Waals surface area contributed by atoms with Gasteiger partial charge in [0.2, 0.25) is 0 Å². The number of benzene rings is 1. The first-order chi connectivity index (χ1) is 8.74. The van der Waals surface area contributed by atoms with Gasteiger partial charge in [0.25, 0.3) is 5.22 Å². The van der Waals surface area contributed by atoms with Crippen molar-refractivity contribution >= 4 is 22.9 Å². The van der Waals surface area contributed by atoms with Crippen molar-refractivity contribution in [3.63, 3.8) is 0 Å². The third kappa shape index (κ3) is 3.06. The van der Waals surface area contributed by atoms with Gasteiger partial charge < -0.3 is 10.2 Å². The Morgan fingerprint density at radius 1 is 1.33 bits per heavy atom. The number of nitrogens with zero attached hydrogens (tertiary/aromatic N) is 1. The summed E-state index contributed by atoms with van der Waals surface area (Å²) in [4.78, 5) is 4.48. The van der Waals surface area contributed by atoms with E-state index < -0.39 is 0 Å². The lowest BCUT2D eigenvalue weighted by atomic mass is 10.1. The average Bonchev–Trinajstić information content (AvgIpc) is 2.78. The first-order valence-electron chi connectivity index (χ1n) is 6.52. The van der Waals surface area contributed by atoms with Crippen molar-refractivity contribution in [1.82, 2.24) is 4.98 Å². The number of hydrogen-bond acceptors (Lipinski definition) is 4. The lowest BCUT2D eigenvalue weighted by Crippen LogP contribution is -2.31. The van der Waals surface area contributed by atoms with Gasteiger partial charge in [-0.15, -0.1) is 0 Å². The molecule has 0 radical (unpaired) electrons. The fraction of sp³-hybridized carbons (Fsp3) is 0.500. The number of oxazole rings is 1. The topological polar surface area (TPSA) is 52.0 Å². The highest BCUT2D eigenvalue weighted by Gasteiger charge is 2.19. The molecule has 0 spiro atoms. The molecule has 2 unspecified atom stereocenters. The van der Waals surface area contributed by atoms with Crippen molar-refractivity contribution in [2.24, 2.45) is 5.73 Å². The van der Waals surface area contributed by atoms with Crippen LogP contribution in [0.4, 0.5) is 0 Å². The monoisotopic (exact) mass is 264 g/mol. The number of thioether (sulfide) groups is 1. The molecule has 2 atom stereocenters. The van der Waals surface area contributed by atoms with Crippen LogP contribution in [0.15, 0.2) is 33.9 Å². The smallest absolute Gasteiger partial charge is 0.257 e. The second kappa shape index (κ2) is 6.25. The molecule has 0 saturated carbocycles. The van der Waals surface area contributed by atoms with Gasteiger partial charge in [-0.2, -0.15) is 0 Å². The largest absolute Gasteiger partial charge is 0.431 e. The molecule has 3 nitrogen and oxygen atoms in total. The molecule has 0 saturated heterocycles. The Bertz CT molecular complexity index is 464. The normalized spacial score (nSPS) is 14.8. The van der Waals surface area contributed by atoms with Crippen LogP contribution in [0.25, 0.3) is 11.1 Å². The minimum Gasteiger partial charge on any atom is -0.431 e. The maximum atomic E-state index is 6.19. The van der Waals surface area contributed by atoms with E-state index in [0.717, 1.165) is 35.6 Å². The summed E-state index contributed by atoms with van der Waals surface area (Å²) in [6.45, 7) is 4.33. The summed E-state index contributed by atoms with van der Waals surface area (Å²) < 4.78 is 5.72. The van der Waals surface area contributed by atoms with Gasteiger partial charge >= 0.3 is 0 Å². The van der Waals surface area contributed by atoms with E-state index >= 15 is 0 Å². The van der Waals surface area contributed by atoms with Crippen LogP contribution in [-0.2, 0) is 0 Å². The number of rotatable bonds is 6. The third-order valence-corrected chi connectivity index (χ3v) is 4.39. The van der Waals surface area contributed by atoms with Crippen molar-refractivity contribution in [1.29, 1.82) is 0 Å². The molecule has 2 aromatic rings. The first-order valence-corrected chi connectivity index (χ1v) is 7.40. The number of nitrogens with two attached hydrogens (primary N) is 1. The minimum absolute atomic E-state index is 0.208. The average molecular weight is 264 g/mol. The zero-order valence-corrected chi connectivity index (χ0v) is 11.7. The predicted molar refractivity (Wildman–Crippen MR) is 76.8 cm³/mol. The van der Waals surface area contributed by atoms with Crippen LogP contribution >= 0.6 is 11.8 Å². The molecular formula is C14H20N2OS. The van der Waals surface area contributed by atoms with E-state index in [1.54, 1.807) is 11.8 Å². The number of hydrogen-bond donors (Lipinski definition) is 1. The number of fused-ring (bicyclic) bond motifs is 1. The van der Waals surface area contributed by atoms with E-state index in [2.05, 4.69) is 18.8 Å². The van der Waals surface area contributed by atoms with Gasteiger partial charge in [-0.3, -0.25) is 0 Å². The third-order valence-electron chi connectivity index (χ3n) is 3.03. The second-order valence-electron chi connectivity index (χ2n) is 4.46. The molecule has 1 heterocycles. The Morgan fingerprint density at radius 2 is 2.11 bits per heavy atom. The molecule has 0 aliphatic heterocycles. The van der Waals surface area contributed by atoms with Gasteiger partial charge in [-0.05, 0) is 25.0 Å². The number of aromatic nitrogens is 1. The molecule has 0 aliphatic carbocycles. The standard InChI is InChI=1S/C14H20N2OS/c1-3-7-10(15)13(4-2)18-14-16-11-8-5-6-9-12(11)17-14/h5-6,8-10,13H,3-4,7,15H2,1-2H3. The van der Waals surface area contributed by atoms with Crippen LogP contribution in [0.2, 0.25) is 0 Å². The zero-order chi connectivity index (χ0) is 13.0. The van der Waals surface area contributed by atoms with E-state index in [1.807, 2.05) is 24.3 Å². The van der Waals surface area contributed by atoms with Crippen molar-refractivity contribution in [3.05, 3.63) is 24.3 Å². The molecule has 0 fully saturated rings. The summed E-state index contributed by atoms with van der Waals surface area (Å²) in [7, 11) is 0. The van der Waals surface area contributed by atoms with Crippen LogP contribution in [-0.4, -0.2) is 16.3 Å². The van der Waals surface area contributed by atoms with Crippen LogP contribution in [0, 0.1) is 0 Å². The van der Waals surface area contributed by atoms with E-state index in [4.69, 9.17) is 10.2 Å². The number of para-hydroxylation sites is 2. The summed E-state index contributed by atoms with van der Waals surface area (Å²) in [6, 6.07) is 8.05. The molecule has 0 amide bonds. The molecule has 0 bridgehead atoms. The van der Waals surface area contributed by atoms with Crippen LogP contribution in [0.5, 0.6) is 0 Å². The Labute approximate surface area is 112 Å². The lowest BCUT2D eigenvalue weighted by Gasteiger charge is -2.19. The van der Waals surface area contributed by atoms with Crippen LogP contribution in [0.3, 0.4) is 0 Å².